The van der Waals surface area contributed by atoms with Gasteiger partial charge in [-0.05, 0) is 48.2 Å². The van der Waals surface area contributed by atoms with Gasteiger partial charge in [-0.3, -0.25) is 19.2 Å². The summed E-state index contributed by atoms with van der Waals surface area (Å²) in [5.74, 6) is -1.51. The summed E-state index contributed by atoms with van der Waals surface area (Å²) in [6.45, 7) is 6.65. The van der Waals surface area contributed by atoms with Crippen LogP contribution in [0.1, 0.15) is 52.0 Å². The van der Waals surface area contributed by atoms with E-state index in [2.05, 4.69) is 24.5 Å². The molecule has 3 amide bonds. The van der Waals surface area contributed by atoms with Crippen molar-refractivity contribution in [3.05, 3.63) is 42.0 Å². The molecular weight excluding hydrogens is 418 g/mol. The summed E-state index contributed by atoms with van der Waals surface area (Å²) in [4.78, 5) is 53.0. The molecule has 33 heavy (non-hydrogen) atoms. The van der Waals surface area contributed by atoms with Crippen molar-refractivity contribution in [2.75, 3.05) is 6.54 Å². The van der Waals surface area contributed by atoms with Gasteiger partial charge in [-0.1, -0.05) is 57.5 Å². The number of rotatable bonds is 9. The van der Waals surface area contributed by atoms with Crippen LogP contribution in [0, 0.1) is 17.3 Å². The number of carbonyl (C=O) groups is 4. The Hall–Kier alpha value is -2.96. The fourth-order valence-corrected chi connectivity index (χ4v) is 5.10. The smallest absolute Gasteiger partial charge is 0.289 e. The van der Waals surface area contributed by atoms with Gasteiger partial charge in [0.15, 0.2) is 0 Å². The number of ketones is 1. The van der Waals surface area contributed by atoms with E-state index in [1.165, 1.54) is 6.08 Å². The maximum atomic E-state index is 13.4. The summed E-state index contributed by atoms with van der Waals surface area (Å²) in [5.41, 5.74) is 0.877. The largest absolute Gasteiger partial charge is 0.347 e. The molecule has 1 heterocycles. The van der Waals surface area contributed by atoms with Crippen molar-refractivity contribution in [3.8, 4) is 0 Å². The second kappa shape index (κ2) is 9.12. The van der Waals surface area contributed by atoms with Crippen LogP contribution in [0.25, 0.3) is 6.08 Å². The first-order chi connectivity index (χ1) is 15.7. The highest BCUT2D eigenvalue weighted by atomic mass is 16.2. The Morgan fingerprint density at radius 2 is 1.85 bits per heavy atom. The zero-order valence-electron chi connectivity index (χ0n) is 19.5. The molecule has 0 radical (unpaired) electrons. The molecule has 7 nitrogen and oxygen atoms in total. The number of amides is 3. The highest BCUT2D eigenvalue weighted by Gasteiger charge is 2.69. The van der Waals surface area contributed by atoms with Gasteiger partial charge in [0.05, 0.1) is 6.04 Å². The zero-order chi connectivity index (χ0) is 23.8. The van der Waals surface area contributed by atoms with Crippen molar-refractivity contribution in [2.24, 2.45) is 17.3 Å². The van der Waals surface area contributed by atoms with E-state index in [-0.39, 0.29) is 35.1 Å². The summed E-state index contributed by atoms with van der Waals surface area (Å²) in [5, 5.41) is 5.53. The van der Waals surface area contributed by atoms with Gasteiger partial charge in [0, 0.05) is 18.7 Å². The summed E-state index contributed by atoms with van der Waals surface area (Å²) >= 11 is 0. The Balaban J connectivity index is 1.47. The maximum Gasteiger partial charge on any atom is 0.289 e. The van der Waals surface area contributed by atoms with Crippen LogP contribution >= 0.6 is 0 Å². The second-order valence-corrected chi connectivity index (χ2v) is 10.1. The van der Waals surface area contributed by atoms with Crippen molar-refractivity contribution in [2.45, 2.75) is 64.6 Å². The molecule has 2 aliphatic carbocycles. The molecule has 4 rings (SSSR count). The lowest BCUT2D eigenvalue weighted by Gasteiger charge is -2.30. The molecular formula is C26H33N3O4. The Morgan fingerprint density at radius 1 is 1.15 bits per heavy atom. The minimum absolute atomic E-state index is 0.0322. The summed E-state index contributed by atoms with van der Waals surface area (Å²) in [6.07, 6.45) is 6.06. The first-order valence-electron chi connectivity index (χ1n) is 11.9. The Labute approximate surface area is 195 Å². The molecule has 1 aliphatic heterocycles. The lowest BCUT2D eigenvalue weighted by Crippen LogP contribution is -2.55. The van der Waals surface area contributed by atoms with E-state index in [9.17, 15) is 19.2 Å². The number of nitrogens with one attached hydrogen (secondary N) is 2. The van der Waals surface area contributed by atoms with E-state index in [1.807, 2.05) is 37.3 Å². The third-order valence-electron chi connectivity index (χ3n) is 7.32. The molecule has 7 heteroatoms. The molecule has 1 aromatic rings. The summed E-state index contributed by atoms with van der Waals surface area (Å²) < 4.78 is 0. The van der Waals surface area contributed by atoms with Gasteiger partial charge in [-0.25, -0.2) is 0 Å². The maximum absolute atomic E-state index is 13.4. The molecule has 176 valence electrons. The molecule has 1 aromatic carbocycles. The van der Waals surface area contributed by atoms with E-state index < -0.39 is 23.8 Å². The minimum Gasteiger partial charge on any atom is -0.347 e. The quantitative estimate of drug-likeness (QED) is 0.445. The molecule has 3 fully saturated rings. The number of fused-ring (bicyclic) bond motifs is 1. The number of hydrogen-bond donors (Lipinski definition) is 2. The van der Waals surface area contributed by atoms with Crippen LogP contribution in [-0.4, -0.2) is 53.1 Å². The molecule has 0 bridgehead atoms. The van der Waals surface area contributed by atoms with Gasteiger partial charge in [0.1, 0.15) is 6.04 Å². The predicted molar refractivity (Wildman–Crippen MR) is 125 cm³/mol. The molecule has 0 aromatic heterocycles. The second-order valence-electron chi connectivity index (χ2n) is 10.1. The van der Waals surface area contributed by atoms with Crippen molar-refractivity contribution >= 4 is 29.6 Å². The number of carbonyl (C=O) groups excluding carboxylic acids is 4. The minimum atomic E-state index is -0.876. The predicted octanol–water partition coefficient (Wildman–Crippen LogP) is 2.32. The number of piperidine rings is 1. The van der Waals surface area contributed by atoms with Gasteiger partial charge in [-0.15, -0.1) is 0 Å². The summed E-state index contributed by atoms with van der Waals surface area (Å²) in [6, 6.07) is 8.09. The van der Waals surface area contributed by atoms with Gasteiger partial charge in [-0.2, -0.15) is 0 Å². The number of Topliss-reactive ketones (excluding diaryl/α,β-unsaturated/α-hetero) is 1. The lowest BCUT2D eigenvalue weighted by atomic mass is 9.99. The van der Waals surface area contributed by atoms with Crippen LogP contribution in [0.15, 0.2) is 36.4 Å². The first-order valence-corrected chi connectivity index (χ1v) is 11.9. The van der Waals surface area contributed by atoms with Crippen molar-refractivity contribution in [3.63, 3.8) is 0 Å². The third-order valence-corrected chi connectivity index (χ3v) is 7.32. The Bertz CT molecular complexity index is 967. The zero-order valence-corrected chi connectivity index (χ0v) is 19.5. The van der Waals surface area contributed by atoms with Crippen LogP contribution in [0.2, 0.25) is 0 Å². The Morgan fingerprint density at radius 3 is 2.48 bits per heavy atom. The number of nitrogens with zero attached hydrogens (tertiary/aromatic N) is 1. The van der Waals surface area contributed by atoms with E-state index in [1.54, 1.807) is 11.0 Å². The van der Waals surface area contributed by atoms with E-state index in [0.29, 0.717) is 19.4 Å². The highest BCUT2D eigenvalue weighted by molar-refractivity contribution is 6.38. The van der Waals surface area contributed by atoms with E-state index >= 15 is 0 Å². The van der Waals surface area contributed by atoms with Crippen LogP contribution < -0.4 is 10.6 Å². The highest BCUT2D eigenvalue weighted by Crippen LogP contribution is 2.64. The van der Waals surface area contributed by atoms with Gasteiger partial charge in [0.25, 0.3) is 5.91 Å². The van der Waals surface area contributed by atoms with E-state index in [4.69, 9.17) is 0 Å². The molecule has 4 atom stereocenters. The molecule has 1 saturated heterocycles. The summed E-state index contributed by atoms with van der Waals surface area (Å²) in [7, 11) is 0. The number of likely N-dealkylation sites (tertiary alicyclic amines) is 1. The van der Waals surface area contributed by atoms with Crippen LogP contribution in [-0.2, 0) is 19.2 Å². The fraction of sp³-hybridized carbons (Fsp3) is 0.538. The van der Waals surface area contributed by atoms with Crippen molar-refractivity contribution in [1.82, 2.24) is 15.5 Å². The molecule has 3 aliphatic rings. The molecule has 2 saturated carbocycles. The van der Waals surface area contributed by atoms with Gasteiger partial charge in [0.2, 0.25) is 17.6 Å². The van der Waals surface area contributed by atoms with Crippen molar-refractivity contribution < 1.29 is 19.2 Å². The number of hydrogen-bond acceptors (Lipinski definition) is 4. The van der Waals surface area contributed by atoms with Gasteiger partial charge < -0.3 is 15.5 Å². The fourth-order valence-electron chi connectivity index (χ4n) is 5.10. The SMILES string of the molecule is CCC[C@H](NC(=O)C1C2[C@H](CN1C(=O)/C=C/c1ccccc1)C2(C)C)C(=O)C(=O)NC1CC1. The average molecular weight is 452 g/mol. The third kappa shape index (κ3) is 4.87. The molecule has 2 N–H and O–H groups in total. The number of benzene rings is 1. The van der Waals surface area contributed by atoms with Crippen LogP contribution in [0.5, 0.6) is 0 Å². The lowest BCUT2D eigenvalue weighted by molar-refractivity contribution is -0.142. The van der Waals surface area contributed by atoms with Crippen LogP contribution in [0.3, 0.4) is 0 Å². The topological polar surface area (TPSA) is 95.6 Å². The normalized spacial score (nSPS) is 25.9. The van der Waals surface area contributed by atoms with Gasteiger partial charge >= 0.3 is 0 Å². The Kier molecular flexibility index (Phi) is 6.41. The van der Waals surface area contributed by atoms with E-state index in [0.717, 1.165) is 18.4 Å². The molecule has 0 spiro atoms. The average Bonchev–Trinajstić information content (AvgIpc) is 3.64. The molecule has 2 unspecified atom stereocenters. The standard InChI is InChI=1S/C26H33N3O4/c1-4-8-19(23(31)25(33)27-17-12-13-17)28-24(32)22-21-18(26(21,2)3)15-29(22)20(30)14-11-16-9-6-5-7-10-16/h5-7,9-11,14,17-19,21-22H,4,8,12-13,15H2,1-3H3,(H,27,33)(H,28,32)/b14-11+/t18-,19-,21?,22?/m0/s1. The van der Waals surface area contributed by atoms with Crippen molar-refractivity contribution in [1.29, 1.82) is 0 Å². The van der Waals surface area contributed by atoms with Crippen LogP contribution in [0.4, 0.5) is 0 Å². The first kappa shape index (κ1) is 23.2. The monoisotopic (exact) mass is 451 g/mol.